The minimum atomic E-state index is -0.180. The van der Waals surface area contributed by atoms with Crippen molar-refractivity contribution in [2.75, 3.05) is 0 Å². The molecule has 3 aromatic rings. The molecule has 0 bridgehead atoms. The Morgan fingerprint density at radius 3 is 2.56 bits per heavy atom. The van der Waals surface area contributed by atoms with E-state index in [2.05, 4.69) is 9.97 Å². The van der Waals surface area contributed by atoms with Crippen LogP contribution in [0.5, 0.6) is 0 Å². The van der Waals surface area contributed by atoms with Crippen LogP contribution in [0.2, 0.25) is 10.0 Å². The lowest BCUT2D eigenvalue weighted by atomic mass is 10.2. The Labute approximate surface area is 100.0 Å². The van der Waals surface area contributed by atoms with Gasteiger partial charge in [-0.15, -0.1) is 0 Å². The van der Waals surface area contributed by atoms with E-state index in [9.17, 15) is 4.79 Å². The van der Waals surface area contributed by atoms with Crippen molar-refractivity contribution in [1.82, 2.24) is 9.97 Å². The first-order valence-electron chi connectivity index (χ1n) is 4.65. The summed E-state index contributed by atoms with van der Waals surface area (Å²) in [5, 5.41) is 2.70. The van der Waals surface area contributed by atoms with Gasteiger partial charge in [-0.25, -0.2) is 0 Å². The van der Waals surface area contributed by atoms with Gasteiger partial charge in [-0.05, 0) is 18.2 Å². The largest absolute Gasteiger partial charge is 0.349 e. The maximum Gasteiger partial charge on any atom is 0.272 e. The second-order valence-electron chi connectivity index (χ2n) is 3.50. The zero-order valence-corrected chi connectivity index (χ0v) is 9.49. The first kappa shape index (κ1) is 9.75. The summed E-state index contributed by atoms with van der Waals surface area (Å²) in [6, 6.07) is 5.23. The number of halogens is 2. The van der Waals surface area contributed by atoms with Gasteiger partial charge in [0.25, 0.3) is 5.56 Å². The maximum atomic E-state index is 11.6. The van der Waals surface area contributed by atoms with Crippen LogP contribution in [-0.4, -0.2) is 9.97 Å². The summed E-state index contributed by atoms with van der Waals surface area (Å²) in [5.74, 6) is 0. The molecule has 2 aromatic heterocycles. The fourth-order valence-corrected chi connectivity index (χ4v) is 2.34. The second kappa shape index (κ2) is 3.27. The molecule has 80 valence electrons. The highest BCUT2D eigenvalue weighted by Crippen LogP contribution is 2.33. The summed E-state index contributed by atoms with van der Waals surface area (Å²) in [7, 11) is 0. The maximum absolute atomic E-state index is 11.6. The number of fused-ring (bicyclic) bond motifs is 3. The van der Waals surface area contributed by atoms with E-state index in [1.165, 1.54) is 0 Å². The van der Waals surface area contributed by atoms with Crippen LogP contribution in [0.4, 0.5) is 0 Å². The number of benzene rings is 1. The van der Waals surface area contributed by atoms with E-state index in [0.29, 0.717) is 21.1 Å². The van der Waals surface area contributed by atoms with Crippen LogP contribution in [-0.2, 0) is 0 Å². The Bertz CT molecular complexity index is 758. The molecule has 0 aliphatic rings. The van der Waals surface area contributed by atoms with Crippen LogP contribution in [0.25, 0.3) is 21.8 Å². The van der Waals surface area contributed by atoms with E-state index in [-0.39, 0.29) is 5.56 Å². The summed E-state index contributed by atoms with van der Waals surface area (Å²) in [4.78, 5) is 17.2. The lowest BCUT2D eigenvalue weighted by Crippen LogP contribution is -2.03. The van der Waals surface area contributed by atoms with Crippen molar-refractivity contribution >= 4 is 45.0 Å². The standard InChI is InChI=1S/C11H6Cl2N2O/c12-6-1-2-7(13)10-8(6)5-3-4-14-11(16)9(5)15-10/h1-4,15H,(H,14,16). The monoisotopic (exact) mass is 252 g/mol. The number of hydrogen-bond donors (Lipinski definition) is 2. The van der Waals surface area contributed by atoms with Crippen LogP contribution in [0.15, 0.2) is 29.2 Å². The van der Waals surface area contributed by atoms with Crippen molar-refractivity contribution in [2.24, 2.45) is 0 Å². The molecule has 2 heterocycles. The van der Waals surface area contributed by atoms with Gasteiger partial charge >= 0.3 is 0 Å². The number of aromatic nitrogens is 2. The Kier molecular flexibility index (Phi) is 1.99. The summed E-state index contributed by atoms with van der Waals surface area (Å²) in [6.45, 7) is 0. The van der Waals surface area contributed by atoms with Crippen LogP contribution in [0.1, 0.15) is 0 Å². The molecule has 2 N–H and O–H groups in total. The molecule has 0 amide bonds. The van der Waals surface area contributed by atoms with Crippen LogP contribution in [0, 0.1) is 0 Å². The van der Waals surface area contributed by atoms with Crippen LogP contribution >= 0.6 is 23.2 Å². The van der Waals surface area contributed by atoms with Gasteiger partial charge in [0.05, 0.1) is 15.6 Å². The van der Waals surface area contributed by atoms with Gasteiger partial charge in [-0.1, -0.05) is 23.2 Å². The third kappa shape index (κ3) is 1.19. The lowest BCUT2D eigenvalue weighted by Gasteiger charge is -1.96. The van der Waals surface area contributed by atoms with Crippen LogP contribution in [0.3, 0.4) is 0 Å². The molecule has 0 saturated carbocycles. The fourth-order valence-electron chi connectivity index (χ4n) is 1.87. The van der Waals surface area contributed by atoms with Gasteiger partial charge in [0.1, 0.15) is 5.52 Å². The average molecular weight is 253 g/mol. The van der Waals surface area contributed by atoms with Crippen LogP contribution < -0.4 is 5.56 Å². The molecule has 0 fully saturated rings. The van der Waals surface area contributed by atoms with E-state index in [0.717, 1.165) is 10.8 Å². The highest BCUT2D eigenvalue weighted by molar-refractivity contribution is 6.42. The van der Waals surface area contributed by atoms with Crippen molar-refractivity contribution in [2.45, 2.75) is 0 Å². The molecule has 5 heteroatoms. The molecule has 0 radical (unpaired) electrons. The Hall–Kier alpha value is -1.45. The zero-order valence-electron chi connectivity index (χ0n) is 7.97. The highest BCUT2D eigenvalue weighted by atomic mass is 35.5. The van der Waals surface area contributed by atoms with Crippen molar-refractivity contribution in [3.05, 3.63) is 44.8 Å². The fraction of sp³-hybridized carbons (Fsp3) is 0. The first-order chi connectivity index (χ1) is 7.68. The molecule has 0 aliphatic carbocycles. The van der Waals surface area contributed by atoms with Gasteiger partial charge < -0.3 is 9.97 Å². The molecule has 16 heavy (non-hydrogen) atoms. The van der Waals surface area contributed by atoms with E-state index < -0.39 is 0 Å². The first-order valence-corrected chi connectivity index (χ1v) is 5.41. The smallest absolute Gasteiger partial charge is 0.272 e. The summed E-state index contributed by atoms with van der Waals surface area (Å²) < 4.78 is 0. The average Bonchev–Trinajstić information content (AvgIpc) is 2.66. The molecular weight excluding hydrogens is 247 g/mol. The number of nitrogens with one attached hydrogen (secondary N) is 2. The molecule has 0 unspecified atom stereocenters. The molecule has 0 saturated heterocycles. The highest BCUT2D eigenvalue weighted by Gasteiger charge is 2.11. The zero-order chi connectivity index (χ0) is 11.3. The van der Waals surface area contributed by atoms with Gasteiger partial charge in [-0.3, -0.25) is 4.79 Å². The topological polar surface area (TPSA) is 48.6 Å². The molecule has 0 atom stereocenters. The van der Waals surface area contributed by atoms with Gasteiger partial charge in [0, 0.05) is 17.0 Å². The van der Waals surface area contributed by atoms with Crippen molar-refractivity contribution in [1.29, 1.82) is 0 Å². The van der Waals surface area contributed by atoms with Crippen molar-refractivity contribution in [3.8, 4) is 0 Å². The van der Waals surface area contributed by atoms with Crippen molar-refractivity contribution < 1.29 is 0 Å². The minimum absolute atomic E-state index is 0.180. The third-order valence-electron chi connectivity index (χ3n) is 2.58. The number of hydrogen-bond acceptors (Lipinski definition) is 1. The molecule has 3 nitrogen and oxygen atoms in total. The lowest BCUT2D eigenvalue weighted by molar-refractivity contribution is 1.26. The van der Waals surface area contributed by atoms with Gasteiger partial charge in [0.2, 0.25) is 0 Å². The molecule has 0 aliphatic heterocycles. The molecular formula is C11H6Cl2N2O. The molecule has 3 rings (SSSR count). The minimum Gasteiger partial charge on any atom is -0.349 e. The molecule has 0 spiro atoms. The number of aromatic amines is 2. The molecule has 1 aromatic carbocycles. The summed E-state index contributed by atoms with van der Waals surface area (Å²) in [5.41, 5.74) is 1.01. The van der Waals surface area contributed by atoms with E-state index in [1.54, 1.807) is 24.4 Å². The Morgan fingerprint density at radius 2 is 1.75 bits per heavy atom. The van der Waals surface area contributed by atoms with E-state index in [1.807, 2.05) is 0 Å². The van der Waals surface area contributed by atoms with Gasteiger partial charge in [-0.2, -0.15) is 0 Å². The predicted octanol–water partition coefficient (Wildman–Crippen LogP) is 3.32. The SMILES string of the molecule is O=c1[nH]ccc2c1[nH]c1c(Cl)ccc(Cl)c12. The predicted molar refractivity (Wildman–Crippen MR) is 66.4 cm³/mol. The number of H-pyrrole nitrogens is 2. The van der Waals surface area contributed by atoms with E-state index >= 15 is 0 Å². The third-order valence-corrected chi connectivity index (χ3v) is 3.21. The quantitative estimate of drug-likeness (QED) is 0.634. The normalized spacial score (nSPS) is 11.4. The summed E-state index contributed by atoms with van der Waals surface area (Å²) in [6.07, 6.45) is 1.59. The Morgan fingerprint density at radius 1 is 1.00 bits per heavy atom. The van der Waals surface area contributed by atoms with Gasteiger partial charge in [0.15, 0.2) is 0 Å². The Balaban J connectivity index is 2.72. The van der Waals surface area contributed by atoms with Crippen molar-refractivity contribution in [3.63, 3.8) is 0 Å². The number of pyridine rings is 1. The summed E-state index contributed by atoms with van der Waals surface area (Å²) >= 11 is 12.2. The van der Waals surface area contributed by atoms with E-state index in [4.69, 9.17) is 23.2 Å². The number of rotatable bonds is 0. The second-order valence-corrected chi connectivity index (χ2v) is 4.31.